The van der Waals surface area contributed by atoms with Crippen LogP contribution >= 0.6 is 11.3 Å². The molecule has 0 aliphatic carbocycles. The summed E-state index contributed by atoms with van der Waals surface area (Å²) in [6.45, 7) is 3.04. The average molecular weight is 367 g/mol. The van der Waals surface area contributed by atoms with Gasteiger partial charge < -0.3 is 4.74 Å². The standard InChI is InChI=1S/C22H26N2OS/c1-2-3-4-5-6-10-17-25-20-15-13-19(14-16-20)22-24-23-21(26-22)18-11-8-7-9-12-18/h7-9,11-16H,2-6,10,17H2,1H3. The Morgan fingerprint density at radius 1 is 0.731 bits per heavy atom. The van der Waals surface area contributed by atoms with Gasteiger partial charge in [-0.3, -0.25) is 0 Å². The summed E-state index contributed by atoms with van der Waals surface area (Å²) < 4.78 is 5.85. The first-order valence-electron chi connectivity index (χ1n) is 9.49. The quantitative estimate of drug-likeness (QED) is 0.379. The Balaban J connectivity index is 1.49. The second-order valence-corrected chi connectivity index (χ2v) is 7.40. The molecule has 136 valence electrons. The molecule has 0 spiro atoms. The van der Waals surface area contributed by atoms with E-state index in [2.05, 4.69) is 41.4 Å². The molecule has 0 aliphatic heterocycles. The van der Waals surface area contributed by atoms with Crippen LogP contribution in [0, 0.1) is 0 Å². The van der Waals surface area contributed by atoms with Gasteiger partial charge in [-0.25, -0.2) is 0 Å². The summed E-state index contributed by atoms with van der Waals surface area (Å²) in [6.07, 6.45) is 7.69. The van der Waals surface area contributed by atoms with Gasteiger partial charge in [0, 0.05) is 11.1 Å². The highest BCUT2D eigenvalue weighted by Gasteiger charge is 2.08. The van der Waals surface area contributed by atoms with Crippen LogP contribution in [0.15, 0.2) is 54.6 Å². The molecule has 2 aromatic carbocycles. The Labute approximate surface area is 160 Å². The summed E-state index contributed by atoms with van der Waals surface area (Å²) in [5.74, 6) is 0.926. The van der Waals surface area contributed by atoms with Gasteiger partial charge in [-0.05, 0) is 30.7 Å². The van der Waals surface area contributed by atoms with E-state index in [1.807, 2.05) is 30.3 Å². The number of hydrogen-bond donors (Lipinski definition) is 0. The van der Waals surface area contributed by atoms with Crippen molar-refractivity contribution in [3.8, 4) is 26.9 Å². The van der Waals surface area contributed by atoms with Gasteiger partial charge >= 0.3 is 0 Å². The van der Waals surface area contributed by atoms with Crippen LogP contribution in [0.4, 0.5) is 0 Å². The van der Waals surface area contributed by atoms with Gasteiger partial charge in [0.05, 0.1) is 6.61 Å². The zero-order valence-electron chi connectivity index (χ0n) is 15.4. The number of ether oxygens (including phenoxy) is 1. The lowest BCUT2D eigenvalue weighted by Crippen LogP contribution is -1.97. The maximum atomic E-state index is 5.85. The summed E-state index contributed by atoms with van der Waals surface area (Å²) in [4.78, 5) is 0. The van der Waals surface area contributed by atoms with E-state index < -0.39 is 0 Å². The molecule has 3 aromatic rings. The van der Waals surface area contributed by atoms with Crippen LogP contribution in [0.2, 0.25) is 0 Å². The molecule has 0 bridgehead atoms. The number of rotatable bonds is 10. The predicted octanol–water partition coefficient (Wildman–Crippen LogP) is 6.61. The molecule has 3 nitrogen and oxygen atoms in total. The summed E-state index contributed by atoms with van der Waals surface area (Å²) >= 11 is 1.61. The topological polar surface area (TPSA) is 35.0 Å². The van der Waals surface area contributed by atoms with Crippen LogP contribution in [0.1, 0.15) is 45.4 Å². The van der Waals surface area contributed by atoms with Crippen molar-refractivity contribution in [2.45, 2.75) is 45.4 Å². The molecule has 1 heterocycles. The molecule has 0 aliphatic rings. The lowest BCUT2D eigenvalue weighted by molar-refractivity contribution is 0.304. The third-order valence-electron chi connectivity index (χ3n) is 4.31. The molecular formula is C22H26N2OS. The molecule has 3 rings (SSSR count). The Bertz CT molecular complexity index is 768. The summed E-state index contributed by atoms with van der Waals surface area (Å²) in [5.41, 5.74) is 2.19. The second-order valence-electron chi connectivity index (χ2n) is 6.42. The summed E-state index contributed by atoms with van der Waals surface area (Å²) in [5, 5.41) is 10.5. The summed E-state index contributed by atoms with van der Waals surface area (Å²) in [6, 6.07) is 18.3. The Kier molecular flexibility index (Phi) is 7.20. The van der Waals surface area contributed by atoms with E-state index in [0.717, 1.165) is 39.9 Å². The maximum absolute atomic E-state index is 5.85. The highest BCUT2D eigenvalue weighted by atomic mass is 32.1. The van der Waals surface area contributed by atoms with Crippen LogP contribution in [-0.2, 0) is 0 Å². The van der Waals surface area contributed by atoms with E-state index in [-0.39, 0.29) is 0 Å². The van der Waals surface area contributed by atoms with Gasteiger partial charge in [-0.15, -0.1) is 10.2 Å². The highest BCUT2D eigenvalue weighted by Crippen LogP contribution is 2.30. The lowest BCUT2D eigenvalue weighted by Gasteiger charge is -2.06. The number of unbranched alkanes of at least 4 members (excludes halogenated alkanes) is 5. The molecule has 26 heavy (non-hydrogen) atoms. The molecule has 0 N–H and O–H groups in total. The monoisotopic (exact) mass is 366 g/mol. The van der Waals surface area contributed by atoms with Gasteiger partial charge in [0.1, 0.15) is 15.8 Å². The Morgan fingerprint density at radius 3 is 2.04 bits per heavy atom. The summed E-state index contributed by atoms with van der Waals surface area (Å²) in [7, 11) is 0. The SMILES string of the molecule is CCCCCCCCOc1ccc(-c2nnc(-c3ccccc3)s2)cc1. The van der Waals surface area contributed by atoms with Crippen molar-refractivity contribution < 1.29 is 4.74 Å². The third-order valence-corrected chi connectivity index (χ3v) is 5.34. The van der Waals surface area contributed by atoms with Gasteiger partial charge in [-0.2, -0.15) is 0 Å². The molecule has 4 heteroatoms. The molecule has 0 unspecified atom stereocenters. The van der Waals surface area contributed by atoms with E-state index in [1.54, 1.807) is 11.3 Å². The lowest BCUT2D eigenvalue weighted by atomic mass is 10.1. The molecule has 0 saturated heterocycles. The maximum Gasteiger partial charge on any atom is 0.148 e. The molecular weight excluding hydrogens is 340 g/mol. The minimum Gasteiger partial charge on any atom is -0.494 e. The third kappa shape index (κ3) is 5.40. The average Bonchev–Trinajstić information content (AvgIpc) is 3.19. The van der Waals surface area contributed by atoms with Crippen LogP contribution in [0.25, 0.3) is 21.1 Å². The zero-order valence-corrected chi connectivity index (χ0v) is 16.2. The van der Waals surface area contributed by atoms with Crippen LogP contribution in [0.5, 0.6) is 5.75 Å². The van der Waals surface area contributed by atoms with E-state index >= 15 is 0 Å². The van der Waals surface area contributed by atoms with Crippen molar-refractivity contribution in [1.29, 1.82) is 0 Å². The fraction of sp³-hybridized carbons (Fsp3) is 0.364. The zero-order chi connectivity index (χ0) is 18.0. The molecule has 0 amide bonds. The van der Waals surface area contributed by atoms with Gasteiger partial charge in [-0.1, -0.05) is 80.7 Å². The first-order chi connectivity index (χ1) is 12.9. The predicted molar refractivity (Wildman–Crippen MR) is 110 cm³/mol. The fourth-order valence-corrected chi connectivity index (χ4v) is 3.66. The molecule has 0 fully saturated rings. The number of nitrogens with zero attached hydrogens (tertiary/aromatic N) is 2. The van der Waals surface area contributed by atoms with E-state index in [0.29, 0.717) is 0 Å². The second kappa shape index (κ2) is 10.1. The van der Waals surface area contributed by atoms with Crippen LogP contribution in [0.3, 0.4) is 0 Å². The van der Waals surface area contributed by atoms with Gasteiger partial charge in [0.2, 0.25) is 0 Å². The van der Waals surface area contributed by atoms with Crippen LogP contribution < -0.4 is 4.74 Å². The molecule has 1 aromatic heterocycles. The van der Waals surface area contributed by atoms with E-state index in [4.69, 9.17) is 4.74 Å². The number of aromatic nitrogens is 2. The molecule has 0 atom stereocenters. The number of hydrogen-bond acceptors (Lipinski definition) is 4. The van der Waals surface area contributed by atoms with Crippen molar-refractivity contribution in [3.63, 3.8) is 0 Å². The van der Waals surface area contributed by atoms with Crippen molar-refractivity contribution in [2.75, 3.05) is 6.61 Å². The minimum atomic E-state index is 0.794. The fourth-order valence-electron chi connectivity index (χ4n) is 2.80. The van der Waals surface area contributed by atoms with Gasteiger partial charge in [0.15, 0.2) is 0 Å². The highest BCUT2D eigenvalue weighted by molar-refractivity contribution is 7.17. The van der Waals surface area contributed by atoms with Crippen LogP contribution in [-0.4, -0.2) is 16.8 Å². The normalized spacial score (nSPS) is 10.8. The first-order valence-corrected chi connectivity index (χ1v) is 10.3. The minimum absolute atomic E-state index is 0.794. The number of benzene rings is 2. The van der Waals surface area contributed by atoms with E-state index in [9.17, 15) is 0 Å². The largest absolute Gasteiger partial charge is 0.494 e. The van der Waals surface area contributed by atoms with Gasteiger partial charge in [0.25, 0.3) is 0 Å². The van der Waals surface area contributed by atoms with Crippen molar-refractivity contribution in [1.82, 2.24) is 10.2 Å². The Morgan fingerprint density at radius 2 is 1.35 bits per heavy atom. The molecule has 0 saturated carbocycles. The van der Waals surface area contributed by atoms with Crippen molar-refractivity contribution in [3.05, 3.63) is 54.6 Å². The molecule has 0 radical (unpaired) electrons. The Hall–Kier alpha value is -2.20. The smallest absolute Gasteiger partial charge is 0.148 e. The first kappa shape index (κ1) is 18.6. The van der Waals surface area contributed by atoms with E-state index in [1.165, 1.54) is 32.1 Å². The van der Waals surface area contributed by atoms with Crippen molar-refractivity contribution in [2.24, 2.45) is 0 Å². The van der Waals surface area contributed by atoms with Crippen molar-refractivity contribution >= 4 is 11.3 Å².